The number of benzene rings is 1. The van der Waals surface area contributed by atoms with Crippen LogP contribution in [0.4, 0.5) is 0 Å². The molecule has 0 heterocycles. The van der Waals surface area contributed by atoms with E-state index in [2.05, 4.69) is 10.1 Å². The molecule has 0 spiro atoms. The number of carbonyl (C=O) groups is 2. The van der Waals surface area contributed by atoms with Gasteiger partial charge in [-0.3, -0.25) is 4.79 Å². The zero-order valence-corrected chi connectivity index (χ0v) is 9.53. The molecule has 1 amide bonds. The van der Waals surface area contributed by atoms with Crippen molar-refractivity contribution in [2.24, 2.45) is 0 Å². The molecule has 1 aromatic rings. The molecule has 0 aromatic heterocycles. The molecule has 1 rings (SSSR count). The highest BCUT2D eigenvalue weighted by Crippen LogP contribution is 2.00. The minimum Gasteiger partial charge on any atom is -0.467 e. The van der Waals surface area contributed by atoms with Gasteiger partial charge in [-0.1, -0.05) is 18.2 Å². The summed E-state index contributed by atoms with van der Waals surface area (Å²) < 4.78 is 4.50. The van der Waals surface area contributed by atoms with Gasteiger partial charge < -0.3 is 10.1 Å². The van der Waals surface area contributed by atoms with Gasteiger partial charge in [0.05, 0.1) is 13.0 Å². The maximum Gasteiger partial charge on any atom is 0.329 e. The molecule has 0 aliphatic carbocycles. The first-order valence-corrected chi connectivity index (χ1v) is 5.22. The Morgan fingerprint density at radius 2 is 2.00 bits per heavy atom. The number of nitrogens with one attached hydrogen (secondary N) is 1. The Morgan fingerprint density at radius 3 is 2.50 bits per heavy atom. The maximum atomic E-state index is 11.7. The molecule has 0 fully saturated rings. The van der Waals surface area contributed by atoms with Gasteiger partial charge in [0.1, 0.15) is 6.04 Å². The van der Waals surface area contributed by atoms with E-state index in [4.69, 9.17) is 11.6 Å². The second kappa shape index (κ2) is 6.12. The van der Waals surface area contributed by atoms with Crippen molar-refractivity contribution in [1.29, 1.82) is 0 Å². The highest BCUT2D eigenvalue weighted by molar-refractivity contribution is 6.20. The number of alkyl halides is 1. The fourth-order valence-corrected chi connectivity index (χ4v) is 1.34. The van der Waals surface area contributed by atoms with E-state index in [1.165, 1.54) is 7.11 Å². The van der Waals surface area contributed by atoms with Crippen molar-refractivity contribution in [2.75, 3.05) is 13.0 Å². The number of carbonyl (C=O) groups excluding carboxylic acids is 2. The van der Waals surface area contributed by atoms with Gasteiger partial charge in [0.15, 0.2) is 0 Å². The van der Waals surface area contributed by atoms with Crippen LogP contribution in [0, 0.1) is 0 Å². The normalized spacial score (nSPS) is 11.6. The molecule has 1 unspecified atom stereocenters. The number of hydrogen-bond donors (Lipinski definition) is 1. The van der Waals surface area contributed by atoms with Crippen LogP contribution in [0.25, 0.3) is 0 Å². The van der Waals surface area contributed by atoms with E-state index in [1.54, 1.807) is 30.3 Å². The summed E-state index contributed by atoms with van der Waals surface area (Å²) in [5, 5.41) is 2.49. The summed E-state index contributed by atoms with van der Waals surface area (Å²) in [7, 11) is 1.25. The quantitative estimate of drug-likeness (QED) is 0.637. The van der Waals surface area contributed by atoms with Gasteiger partial charge in [-0.05, 0) is 12.1 Å². The number of halogens is 1. The summed E-state index contributed by atoms with van der Waals surface area (Å²) in [6.45, 7) is 0. The van der Waals surface area contributed by atoms with Crippen molar-refractivity contribution in [3.8, 4) is 0 Å². The summed E-state index contributed by atoms with van der Waals surface area (Å²) >= 11 is 5.56. The molecule has 5 heteroatoms. The molecule has 86 valence electrons. The summed E-state index contributed by atoms with van der Waals surface area (Å²) in [6, 6.07) is 7.76. The number of rotatable bonds is 4. The van der Waals surface area contributed by atoms with Crippen LogP contribution in [0.5, 0.6) is 0 Å². The standard InChI is InChI=1S/C11H12ClNO3/c1-16-11(15)9(7-12)13-10(14)8-5-3-2-4-6-8/h2-6,9H,7H2,1H3,(H,13,14). The van der Waals surface area contributed by atoms with E-state index in [-0.39, 0.29) is 11.8 Å². The SMILES string of the molecule is COC(=O)C(CCl)NC(=O)c1ccccc1. The van der Waals surface area contributed by atoms with Crippen molar-refractivity contribution in [1.82, 2.24) is 5.32 Å². The Labute approximate surface area is 98.5 Å². The number of hydrogen-bond acceptors (Lipinski definition) is 3. The Balaban J connectivity index is 2.66. The van der Waals surface area contributed by atoms with Crippen LogP contribution in [0.3, 0.4) is 0 Å². The maximum absolute atomic E-state index is 11.7. The molecule has 16 heavy (non-hydrogen) atoms. The third kappa shape index (κ3) is 3.24. The Kier molecular flexibility index (Phi) is 4.79. The molecule has 1 N–H and O–H groups in total. The summed E-state index contributed by atoms with van der Waals surface area (Å²) in [4.78, 5) is 22.8. The van der Waals surface area contributed by atoms with Gasteiger partial charge in [-0.2, -0.15) is 0 Å². The average molecular weight is 242 g/mol. The molecule has 1 aromatic carbocycles. The van der Waals surface area contributed by atoms with E-state index >= 15 is 0 Å². The van der Waals surface area contributed by atoms with E-state index in [0.717, 1.165) is 0 Å². The van der Waals surface area contributed by atoms with Crippen LogP contribution in [-0.2, 0) is 9.53 Å². The van der Waals surface area contributed by atoms with Crippen LogP contribution in [0.1, 0.15) is 10.4 Å². The minimum atomic E-state index is -0.820. The zero-order valence-electron chi connectivity index (χ0n) is 8.77. The monoisotopic (exact) mass is 241 g/mol. The molecule has 0 saturated carbocycles. The molecule has 0 radical (unpaired) electrons. The molecule has 0 aliphatic rings. The van der Waals surface area contributed by atoms with Gasteiger partial charge in [-0.25, -0.2) is 4.79 Å². The van der Waals surface area contributed by atoms with Crippen molar-refractivity contribution < 1.29 is 14.3 Å². The van der Waals surface area contributed by atoms with Gasteiger partial charge >= 0.3 is 5.97 Å². The van der Waals surface area contributed by atoms with Crippen LogP contribution >= 0.6 is 11.6 Å². The largest absolute Gasteiger partial charge is 0.467 e. The van der Waals surface area contributed by atoms with Crippen molar-refractivity contribution in [2.45, 2.75) is 6.04 Å². The summed E-state index contributed by atoms with van der Waals surface area (Å²) in [6.07, 6.45) is 0. The van der Waals surface area contributed by atoms with Crippen molar-refractivity contribution in [3.05, 3.63) is 35.9 Å². The first kappa shape index (κ1) is 12.5. The average Bonchev–Trinajstić information content (AvgIpc) is 2.35. The Hall–Kier alpha value is -1.55. The predicted molar refractivity (Wildman–Crippen MR) is 60.4 cm³/mol. The predicted octanol–water partition coefficient (Wildman–Crippen LogP) is 1.20. The summed E-state index contributed by atoms with van der Waals surface area (Å²) in [5.74, 6) is -0.929. The van der Waals surface area contributed by atoms with E-state index < -0.39 is 12.0 Å². The topological polar surface area (TPSA) is 55.4 Å². The lowest BCUT2D eigenvalue weighted by Crippen LogP contribution is -2.42. The molecule has 0 saturated heterocycles. The second-order valence-electron chi connectivity index (χ2n) is 3.07. The van der Waals surface area contributed by atoms with Crippen molar-refractivity contribution in [3.63, 3.8) is 0 Å². The lowest BCUT2D eigenvalue weighted by atomic mass is 10.2. The van der Waals surface area contributed by atoms with Gasteiger partial charge in [-0.15, -0.1) is 11.6 Å². The second-order valence-corrected chi connectivity index (χ2v) is 3.38. The smallest absolute Gasteiger partial charge is 0.329 e. The minimum absolute atomic E-state index is 0.0226. The Morgan fingerprint density at radius 1 is 1.38 bits per heavy atom. The number of amides is 1. The number of methoxy groups -OCH3 is 1. The van der Waals surface area contributed by atoms with Gasteiger partial charge in [0.2, 0.25) is 0 Å². The molecule has 0 aliphatic heterocycles. The fourth-order valence-electron chi connectivity index (χ4n) is 1.13. The van der Waals surface area contributed by atoms with Crippen LogP contribution in [-0.4, -0.2) is 30.9 Å². The lowest BCUT2D eigenvalue weighted by molar-refractivity contribution is -0.142. The lowest BCUT2D eigenvalue weighted by Gasteiger charge is -2.13. The Bertz CT molecular complexity index is 367. The highest BCUT2D eigenvalue weighted by Gasteiger charge is 2.20. The first-order chi connectivity index (χ1) is 7.69. The van der Waals surface area contributed by atoms with Crippen LogP contribution in [0.2, 0.25) is 0 Å². The third-order valence-corrected chi connectivity index (χ3v) is 2.29. The summed E-state index contributed by atoms with van der Waals surface area (Å²) in [5.41, 5.74) is 0.474. The number of esters is 1. The zero-order chi connectivity index (χ0) is 12.0. The number of ether oxygens (including phenoxy) is 1. The molecule has 1 atom stereocenters. The van der Waals surface area contributed by atoms with Crippen LogP contribution in [0.15, 0.2) is 30.3 Å². The molecule has 0 bridgehead atoms. The van der Waals surface area contributed by atoms with Crippen molar-refractivity contribution >= 4 is 23.5 Å². The first-order valence-electron chi connectivity index (χ1n) is 4.68. The highest BCUT2D eigenvalue weighted by atomic mass is 35.5. The van der Waals surface area contributed by atoms with Gasteiger partial charge in [0.25, 0.3) is 5.91 Å². The molecular formula is C11H12ClNO3. The van der Waals surface area contributed by atoms with E-state index in [0.29, 0.717) is 5.56 Å². The fraction of sp³-hybridized carbons (Fsp3) is 0.273. The van der Waals surface area contributed by atoms with E-state index in [1.807, 2.05) is 0 Å². The molecule has 4 nitrogen and oxygen atoms in total. The van der Waals surface area contributed by atoms with E-state index in [9.17, 15) is 9.59 Å². The van der Waals surface area contributed by atoms with Gasteiger partial charge in [0, 0.05) is 5.56 Å². The van der Waals surface area contributed by atoms with Crippen LogP contribution < -0.4 is 5.32 Å². The molecular weight excluding hydrogens is 230 g/mol. The third-order valence-electron chi connectivity index (χ3n) is 1.98.